The summed E-state index contributed by atoms with van der Waals surface area (Å²) in [5, 5.41) is 2.72. The molecule has 0 radical (unpaired) electrons. The lowest BCUT2D eigenvalue weighted by Crippen LogP contribution is -1.83. The molecule has 0 aromatic heterocycles. The molecule has 0 heterocycles. The van der Waals surface area contributed by atoms with Gasteiger partial charge in [0.2, 0.25) is 0 Å². The molecule has 0 unspecified atom stereocenters. The molecular formula is C10H5I3. The summed E-state index contributed by atoms with van der Waals surface area (Å²) in [4.78, 5) is 0. The van der Waals surface area contributed by atoms with Crippen LogP contribution in [0.15, 0.2) is 30.3 Å². The number of hydrogen-bond acceptors (Lipinski definition) is 0. The Labute approximate surface area is 118 Å². The first-order valence-electron chi connectivity index (χ1n) is 3.72. The van der Waals surface area contributed by atoms with Crippen molar-refractivity contribution >= 4 is 78.5 Å². The second kappa shape index (κ2) is 4.18. The minimum absolute atomic E-state index is 1.30. The summed E-state index contributed by atoms with van der Waals surface area (Å²) in [6, 6.07) is 10.9. The third kappa shape index (κ3) is 2.11. The van der Waals surface area contributed by atoms with Gasteiger partial charge in [-0.2, -0.15) is 0 Å². The predicted octanol–water partition coefficient (Wildman–Crippen LogP) is 4.65. The molecule has 0 aliphatic carbocycles. The lowest BCUT2D eigenvalue weighted by atomic mass is 10.1. The monoisotopic (exact) mass is 506 g/mol. The summed E-state index contributed by atoms with van der Waals surface area (Å²) in [5.41, 5.74) is 0. The van der Waals surface area contributed by atoms with Gasteiger partial charge in [0.25, 0.3) is 0 Å². The van der Waals surface area contributed by atoms with Crippen molar-refractivity contribution < 1.29 is 0 Å². The highest BCUT2D eigenvalue weighted by molar-refractivity contribution is 14.1. The van der Waals surface area contributed by atoms with E-state index in [9.17, 15) is 0 Å². The molecule has 13 heavy (non-hydrogen) atoms. The van der Waals surface area contributed by atoms with Gasteiger partial charge >= 0.3 is 0 Å². The zero-order valence-corrected chi connectivity index (χ0v) is 13.0. The van der Waals surface area contributed by atoms with E-state index < -0.39 is 0 Å². The van der Waals surface area contributed by atoms with Crippen LogP contribution >= 0.6 is 67.8 Å². The summed E-state index contributed by atoms with van der Waals surface area (Å²) in [6.45, 7) is 0. The van der Waals surface area contributed by atoms with Crippen LogP contribution in [0.25, 0.3) is 10.8 Å². The van der Waals surface area contributed by atoms with Gasteiger partial charge in [0, 0.05) is 16.1 Å². The molecule has 0 N–H and O–H groups in total. The molecule has 0 amide bonds. The van der Waals surface area contributed by atoms with Crippen LogP contribution < -0.4 is 0 Å². The second-order valence-electron chi connectivity index (χ2n) is 2.73. The molecule has 0 aliphatic rings. The van der Waals surface area contributed by atoms with Gasteiger partial charge in [-0.3, -0.25) is 0 Å². The Morgan fingerprint density at radius 2 is 1.62 bits per heavy atom. The maximum absolute atomic E-state index is 2.40. The standard InChI is InChI=1S/C10H5I3/c11-7-4-6-2-1-3-8(12)10(6)9(13)5-7/h1-5H. The van der Waals surface area contributed by atoms with Gasteiger partial charge in [-0.15, -0.1) is 0 Å². The first-order valence-corrected chi connectivity index (χ1v) is 6.95. The molecule has 2 aromatic carbocycles. The number of rotatable bonds is 0. The average Bonchev–Trinajstić information content (AvgIpc) is 2.02. The van der Waals surface area contributed by atoms with Gasteiger partial charge in [0.1, 0.15) is 0 Å². The zero-order chi connectivity index (χ0) is 9.42. The van der Waals surface area contributed by atoms with Gasteiger partial charge in [0.05, 0.1) is 0 Å². The van der Waals surface area contributed by atoms with Crippen molar-refractivity contribution in [1.82, 2.24) is 0 Å². The van der Waals surface area contributed by atoms with Crippen LogP contribution in [-0.4, -0.2) is 0 Å². The van der Waals surface area contributed by atoms with Crippen molar-refractivity contribution in [2.45, 2.75) is 0 Å². The lowest BCUT2D eigenvalue weighted by Gasteiger charge is -2.03. The molecule has 0 spiro atoms. The number of halogens is 3. The molecule has 0 aliphatic heterocycles. The van der Waals surface area contributed by atoms with Gasteiger partial charge < -0.3 is 0 Å². The maximum atomic E-state index is 2.40. The van der Waals surface area contributed by atoms with Crippen LogP contribution in [0.2, 0.25) is 0 Å². The zero-order valence-electron chi connectivity index (χ0n) is 6.52. The average molecular weight is 506 g/mol. The number of benzene rings is 2. The van der Waals surface area contributed by atoms with E-state index in [1.807, 2.05) is 0 Å². The van der Waals surface area contributed by atoms with Crippen LogP contribution in [0.5, 0.6) is 0 Å². The van der Waals surface area contributed by atoms with Gasteiger partial charge in [-0.05, 0) is 91.4 Å². The van der Waals surface area contributed by atoms with Crippen molar-refractivity contribution in [3.63, 3.8) is 0 Å². The fourth-order valence-electron chi connectivity index (χ4n) is 1.30. The Morgan fingerprint density at radius 1 is 0.846 bits per heavy atom. The van der Waals surface area contributed by atoms with Crippen molar-refractivity contribution in [3.05, 3.63) is 41.0 Å². The van der Waals surface area contributed by atoms with Crippen LogP contribution in [0.3, 0.4) is 0 Å². The first-order chi connectivity index (χ1) is 6.18. The molecule has 2 aromatic rings. The van der Waals surface area contributed by atoms with Crippen LogP contribution in [-0.2, 0) is 0 Å². The third-order valence-electron chi connectivity index (χ3n) is 1.84. The second-order valence-corrected chi connectivity index (χ2v) is 6.30. The smallest absolute Gasteiger partial charge is 0.0229 e. The molecule has 0 nitrogen and oxygen atoms in total. The van der Waals surface area contributed by atoms with Crippen molar-refractivity contribution in [2.75, 3.05) is 0 Å². The highest BCUT2D eigenvalue weighted by atomic mass is 127. The SMILES string of the molecule is Ic1cc(I)c2c(I)cccc2c1. The van der Waals surface area contributed by atoms with Gasteiger partial charge in [0.15, 0.2) is 0 Å². The van der Waals surface area contributed by atoms with Crippen molar-refractivity contribution in [1.29, 1.82) is 0 Å². The van der Waals surface area contributed by atoms with E-state index >= 15 is 0 Å². The van der Waals surface area contributed by atoms with E-state index in [1.54, 1.807) is 0 Å². The van der Waals surface area contributed by atoms with Crippen molar-refractivity contribution in [3.8, 4) is 0 Å². The Morgan fingerprint density at radius 3 is 2.38 bits per heavy atom. The van der Waals surface area contributed by atoms with E-state index in [1.165, 1.54) is 21.5 Å². The Hall–Kier alpha value is 0.890. The Kier molecular flexibility index (Phi) is 3.34. The van der Waals surface area contributed by atoms with Crippen molar-refractivity contribution in [2.24, 2.45) is 0 Å². The van der Waals surface area contributed by atoms with Gasteiger partial charge in [-0.25, -0.2) is 0 Å². The molecule has 0 fully saturated rings. The largest absolute Gasteiger partial charge is 0.0606 e. The topological polar surface area (TPSA) is 0 Å². The molecule has 0 saturated carbocycles. The normalized spacial score (nSPS) is 10.7. The quantitative estimate of drug-likeness (QED) is 0.457. The van der Waals surface area contributed by atoms with E-state index in [0.717, 1.165) is 0 Å². The first kappa shape index (κ1) is 10.4. The van der Waals surface area contributed by atoms with Crippen LogP contribution in [0.1, 0.15) is 0 Å². The van der Waals surface area contributed by atoms with E-state index in [4.69, 9.17) is 0 Å². The maximum Gasteiger partial charge on any atom is 0.0229 e. The lowest BCUT2D eigenvalue weighted by molar-refractivity contribution is 1.63. The van der Waals surface area contributed by atoms with Crippen LogP contribution in [0.4, 0.5) is 0 Å². The summed E-state index contributed by atoms with van der Waals surface area (Å²) >= 11 is 7.15. The van der Waals surface area contributed by atoms with E-state index in [0.29, 0.717) is 0 Å². The third-order valence-corrected chi connectivity index (χ3v) is 4.22. The van der Waals surface area contributed by atoms with E-state index in [-0.39, 0.29) is 0 Å². The molecule has 2 rings (SSSR count). The molecule has 0 atom stereocenters. The van der Waals surface area contributed by atoms with Crippen LogP contribution in [0, 0.1) is 10.7 Å². The molecule has 0 bridgehead atoms. The number of fused-ring (bicyclic) bond motifs is 1. The summed E-state index contributed by atoms with van der Waals surface area (Å²) in [6.07, 6.45) is 0. The summed E-state index contributed by atoms with van der Waals surface area (Å²) in [7, 11) is 0. The minimum atomic E-state index is 1.30. The Bertz CT molecular complexity index is 463. The fraction of sp³-hybridized carbons (Fsp3) is 0. The molecule has 3 heteroatoms. The minimum Gasteiger partial charge on any atom is -0.0606 e. The number of hydrogen-bond donors (Lipinski definition) is 0. The summed E-state index contributed by atoms with van der Waals surface area (Å²) in [5.74, 6) is 0. The molecule has 0 saturated heterocycles. The van der Waals surface area contributed by atoms with Gasteiger partial charge in [-0.1, -0.05) is 12.1 Å². The van der Waals surface area contributed by atoms with E-state index in [2.05, 4.69) is 98.1 Å². The highest BCUT2D eigenvalue weighted by Crippen LogP contribution is 2.27. The highest BCUT2D eigenvalue weighted by Gasteiger charge is 2.03. The fourth-order valence-corrected chi connectivity index (χ4v) is 4.80. The molecular weight excluding hydrogens is 501 g/mol. The predicted molar refractivity (Wildman–Crippen MR) is 82.1 cm³/mol. The molecule has 66 valence electrons. The Balaban J connectivity index is 2.94. The summed E-state index contributed by atoms with van der Waals surface area (Å²) < 4.78 is 3.97.